The molecule has 0 bridgehead atoms. The lowest BCUT2D eigenvalue weighted by Crippen LogP contribution is -2.71. The molecule has 0 heterocycles. The first kappa shape index (κ1) is 17.3. The van der Waals surface area contributed by atoms with E-state index < -0.39 is 8.32 Å². The molecule has 1 nitrogen and oxygen atoms in total. The van der Waals surface area contributed by atoms with E-state index in [1.807, 2.05) is 30.3 Å². The third-order valence-corrected chi connectivity index (χ3v) is 8.81. The highest BCUT2D eigenvalue weighted by Crippen LogP contribution is 2.17. The lowest BCUT2D eigenvalue weighted by atomic mass is 10.2. The number of hydrogen-bond donors (Lipinski definition) is 0. The van der Waals surface area contributed by atoms with Gasteiger partial charge in [0.05, 0.1) is 0 Å². The Morgan fingerprint density at radius 3 is 1.37 bits per heavy atom. The molecule has 0 aliphatic carbocycles. The van der Waals surface area contributed by atoms with Gasteiger partial charge in [-0.1, -0.05) is 109 Å². The molecule has 0 unspecified atom stereocenters. The summed E-state index contributed by atoms with van der Waals surface area (Å²) in [6, 6.07) is 40.3. The van der Waals surface area contributed by atoms with Gasteiger partial charge in [0.15, 0.2) is 0 Å². The molecule has 0 saturated heterocycles. The van der Waals surface area contributed by atoms with Crippen LogP contribution >= 0.6 is 0 Å². The monoisotopic (exact) mass is 366 g/mol. The Labute approximate surface area is 162 Å². The quantitative estimate of drug-likeness (QED) is 0.383. The van der Waals surface area contributed by atoms with Crippen LogP contribution in [0.1, 0.15) is 5.56 Å². The van der Waals surface area contributed by atoms with Crippen molar-refractivity contribution in [2.24, 2.45) is 0 Å². The molecular formula is C25H22OSi. The maximum Gasteiger partial charge on any atom is 0.346 e. The third kappa shape index (κ3) is 3.44. The molecule has 0 aliphatic rings. The zero-order chi connectivity index (χ0) is 18.5. The molecule has 2 heteroatoms. The van der Waals surface area contributed by atoms with Gasteiger partial charge in [0.25, 0.3) is 0 Å². The maximum atomic E-state index is 6.94. The maximum absolute atomic E-state index is 6.94. The van der Waals surface area contributed by atoms with Crippen LogP contribution in [0.4, 0.5) is 0 Å². The van der Waals surface area contributed by atoms with Gasteiger partial charge in [0.2, 0.25) is 0 Å². The van der Waals surface area contributed by atoms with Gasteiger partial charge in [0.1, 0.15) is 5.75 Å². The molecule has 0 radical (unpaired) electrons. The minimum Gasteiger partial charge on any atom is -0.530 e. The second-order valence-corrected chi connectivity index (χ2v) is 9.99. The Bertz CT molecular complexity index is 941. The number of hydrogen-bond acceptors (Lipinski definition) is 1. The van der Waals surface area contributed by atoms with Gasteiger partial charge >= 0.3 is 8.32 Å². The van der Waals surface area contributed by atoms with Crippen LogP contribution in [0.25, 0.3) is 0 Å². The minimum atomic E-state index is -2.69. The topological polar surface area (TPSA) is 9.23 Å². The standard InChI is InChI=1S/C25H22OSi/c1-21-17-19-25(20-18-21)27(23-13-7-3-8-14-23,24-15-9-4-10-16-24)26-22-11-5-2-6-12-22/h2-20H,1H3. The molecular weight excluding hydrogens is 344 g/mol. The molecule has 0 aliphatic heterocycles. The van der Waals surface area contributed by atoms with Crippen molar-refractivity contribution < 1.29 is 4.43 Å². The van der Waals surface area contributed by atoms with E-state index in [0.29, 0.717) is 0 Å². The molecule has 4 aromatic rings. The Balaban J connectivity index is 2.00. The number of para-hydroxylation sites is 1. The van der Waals surface area contributed by atoms with Crippen molar-refractivity contribution in [1.29, 1.82) is 0 Å². The highest BCUT2D eigenvalue weighted by molar-refractivity contribution is 7.07. The van der Waals surface area contributed by atoms with Gasteiger partial charge in [-0.3, -0.25) is 0 Å². The van der Waals surface area contributed by atoms with Crippen molar-refractivity contribution in [2.45, 2.75) is 6.92 Å². The van der Waals surface area contributed by atoms with Crippen molar-refractivity contribution >= 4 is 23.9 Å². The number of aryl methyl sites for hydroxylation is 1. The molecule has 4 aromatic carbocycles. The Hall–Kier alpha value is -3.10. The van der Waals surface area contributed by atoms with E-state index in [2.05, 4.69) is 91.9 Å². The number of benzene rings is 4. The fourth-order valence-corrected chi connectivity index (χ4v) is 7.28. The van der Waals surface area contributed by atoms with E-state index in [4.69, 9.17) is 4.43 Å². The van der Waals surface area contributed by atoms with E-state index in [1.54, 1.807) is 0 Å². The van der Waals surface area contributed by atoms with Crippen LogP contribution in [-0.2, 0) is 0 Å². The molecule has 0 N–H and O–H groups in total. The predicted molar refractivity (Wildman–Crippen MR) is 116 cm³/mol. The average molecular weight is 367 g/mol. The summed E-state index contributed by atoms with van der Waals surface area (Å²) in [6.07, 6.45) is 0. The molecule has 4 rings (SSSR count). The SMILES string of the molecule is Cc1ccc([Si](Oc2ccccc2)(c2ccccc2)c2ccccc2)cc1. The predicted octanol–water partition coefficient (Wildman–Crippen LogP) is 4.04. The summed E-state index contributed by atoms with van der Waals surface area (Å²) in [4.78, 5) is 0. The van der Waals surface area contributed by atoms with Crippen molar-refractivity contribution in [3.8, 4) is 5.75 Å². The summed E-state index contributed by atoms with van der Waals surface area (Å²) >= 11 is 0. The van der Waals surface area contributed by atoms with Crippen LogP contribution in [0, 0.1) is 6.92 Å². The van der Waals surface area contributed by atoms with E-state index in [1.165, 1.54) is 21.1 Å². The summed E-state index contributed by atoms with van der Waals surface area (Å²) in [7, 11) is -2.69. The second kappa shape index (κ2) is 7.64. The van der Waals surface area contributed by atoms with Gasteiger partial charge in [-0.15, -0.1) is 0 Å². The fraction of sp³-hybridized carbons (Fsp3) is 0.0400. The van der Waals surface area contributed by atoms with Crippen LogP contribution < -0.4 is 20.0 Å². The van der Waals surface area contributed by atoms with Gasteiger partial charge in [-0.2, -0.15) is 0 Å². The van der Waals surface area contributed by atoms with Crippen molar-refractivity contribution in [3.63, 3.8) is 0 Å². The van der Waals surface area contributed by atoms with Gasteiger partial charge in [-0.05, 0) is 34.6 Å². The van der Waals surface area contributed by atoms with Crippen molar-refractivity contribution in [1.82, 2.24) is 0 Å². The summed E-state index contributed by atoms with van der Waals surface area (Å²) in [5.41, 5.74) is 1.25. The zero-order valence-electron chi connectivity index (χ0n) is 15.4. The number of rotatable bonds is 5. The lowest BCUT2D eigenvalue weighted by Gasteiger charge is -2.33. The largest absolute Gasteiger partial charge is 0.530 e. The van der Waals surface area contributed by atoms with Gasteiger partial charge in [0, 0.05) is 0 Å². The summed E-state index contributed by atoms with van der Waals surface area (Å²) in [5.74, 6) is 0.900. The summed E-state index contributed by atoms with van der Waals surface area (Å²) in [5, 5.41) is 3.72. The summed E-state index contributed by atoms with van der Waals surface area (Å²) < 4.78 is 6.94. The Morgan fingerprint density at radius 2 is 0.889 bits per heavy atom. The van der Waals surface area contributed by atoms with Crippen LogP contribution in [0.15, 0.2) is 115 Å². The molecule has 0 amide bonds. The van der Waals surface area contributed by atoms with Crippen LogP contribution in [-0.4, -0.2) is 8.32 Å². The first-order valence-corrected chi connectivity index (χ1v) is 11.1. The third-order valence-electron chi connectivity index (χ3n) is 4.83. The highest BCUT2D eigenvalue weighted by atomic mass is 28.4. The normalized spacial score (nSPS) is 11.1. The minimum absolute atomic E-state index is 0.900. The van der Waals surface area contributed by atoms with Gasteiger partial charge < -0.3 is 4.43 Å². The van der Waals surface area contributed by atoms with Crippen LogP contribution in [0.2, 0.25) is 0 Å². The van der Waals surface area contributed by atoms with Crippen molar-refractivity contribution in [3.05, 3.63) is 121 Å². The second-order valence-electron chi connectivity index (χ2n) is 6.69. The van der Waals surface area contributed by atoms with E-state index in [0.717, 1.165) is 5.75 Å². The summed E-state index contributed by atoms with van der Waals surface area (Å²) in [6.45, 7) is 2.12. The van der Waals surface area contributed by atoms with E-state index in [9.17, 15) is 0 Å². The van der Waals surface area contributed by atoms with E-state index >= 15 is 0 Å². The van der Waals surface area contributed by atoms with E-state index in [-0.39, 0.29) is 0 Å². The fourth-order valence-electron chi connectivity index (χ4n) is 3.48. The highest BCUT2D eigenvalue weighted by Gasteiger charge is 2.43. The Kier molecular flexibility index (Phi) is 4.90. The first-order chi connectivity index (χ1) is 13.3. The lowest BCUT2D eigenvalue weighted by molar-refractivity contribution is 0.577. The smallest absolute Gasteiger partial charge is 0.346 e. The van der Waals surface area contributed by atoms with Crippen LogP contribution in [0.5, 0.6) is 5.75 Å². The first-order valence-electron chi connectivity index (χ1n) is 9.21. The van der Waals surface area contributed by atoms with Crippen LogP contribution in [0.3, 0.4) is 0 Å². The Morgan fingerprint density at radius 1 is 0.481 bits per heavy atom. The van der Waals surface area contributed by atoms with Crippen molar-refractivity contribution in [2.75, 3.05) is 0 Å². The molecule has 0 saturated carbocycles. The molecule has 132 valence electrons. The molecule has 0 spiro atoms. The molecule has 27 heavy (non-hydrogen) atoms. The zero-order valence-corrected chi connectivity index (χ0v) is 16.4. The molecule has 0 aromatic heterocycles. The van der Waals surface area contributed by atoms with Gasteiger partial charge in [-0.25, -0.2) is 0 Å². The molecule has 0 atom stereocenters. The average Bonchev–Trinajstić information content (AvgIpc) is 2.75. The molecule has 0 fully saturated rings.